The highest BCUT2D eigenvalue weighted by Crippen LogP contribution is 2.25. The monoisotopic (exact) mass is 349 g/mol. The molecule has 0 unspecified atom stereocenters. The van der Waals surface area contributed by atoms with E-state index in [1.54, 1.807) is 38.3 Å². The van der Waals surface area contributed by atoms with Crippen LogP contribution in [0.1, 0.15) is 6.92 Å². The number of rotatable bonds is 8. The minimum absolute atomic E-state index is 0.214. The molecular weight excluding hydrogens is 330 g/mol. The zero-order valence-corrected chi connectivity index (χ0v) is 14.4. The largest absolute Gasteiger partial charge is 0.493 e. The molecule has 1 N–H and O–H groups in total. The summed E-state index contributed by atoms with van der Waals surface area (Å²) in [4.78, 5) is 12.0. The number of halogens is 1. The van der Waals surface area contributed by atoms with Crippen LogP contribution in [0.3, 0.4) is 0 Å². The minimum atomic E-state index is -0.613. The number of methoxy groups -OCH3 is 1. The molecule has 0 saturated heterocycles. The fraction of sp³-hybridized carbons (Fsp3) is 0.278. The van der Waals surface area contributed by atoms with Crippen LogP contribution in [0.2, 0.25) is 5.02 Å². The van der Waals surface area contributed by atoms with Crippen molar-refractivity contribution in [3.05, 3.63) is 53.6 Å². The summed E-state index contributed by atoms with van der Waals surface area (Å²) in [5.74, 6) is 1.67. The third-order valence-corrected chi connectivity index (χ3v) is 3.48. The molecule has 2 aromatic carbocycles. The molecule has 24 heavy (non-hydrogen) atoms. The normalized spacial score (nSPS) is 11.5. The molecule has 0 bridgehead atoms. The Labute approximate surface area is 146 Å². The lowest BCUT2D eigenvalue weighted by atomic mass is 10.3. The molecule has 6 heteroatoms. The molecule has 0 heterocycles. The van der Waals surface area contributed by atoms with Gasteiger partial charge in [0.1, 0.15) is 12.4 Å². The van der Waals surface area contributed by atoms with E-state index >= 15 is 0 Å². The van der Waals surface area contributed by atoms with Gasteiger partial charge in [-0.3, -0.25) is 4.79 Å². The van der Waals surface area contributed by atoms with E-state index in [4.69, 9.17) is 25.8 Å². The lowest BCUT2D eigenvalue weighted by Crippen LogP contribution is -2.38. The quantitative estimate of drug-likeness (QED) is 0.743. The summed E-state index contributed by atoms with van der Waals surface area (Å²) in [5, 5.41) is 3.38. The molecule has 0 aromatic heterocycles. The van der Waals surface area contributed by atoms with Crippen LogP contribution in [0.25, 0.3) is 0 Å². The van der Waals surface area contributed by atoms with Crippen LogP contribution in [0.15, 0.2) is 48.5 Å². The number of nitrogens with one attached hydrogen (secondary N) is 1. The maximum absolute atomic E-state index is 12.0. The van der Waals surface area contributed by atoms with E-state index in [1.165, 1.54) is 0 Å². The average molecular weight is 350 g/mol. The average Bonchev–Trinajstić information content (AvgIpc) is 2.60. The first-order valence-corrected chi connectivity index (χ1v) is 7.93. The van der Waals surface area contributed by atoms with Gasteiger partial charge in [-0.2, -0.15) is 0 Å². The Kier molecular flexibility index (Phi) is 6.75. The fourth-order valence-electron chi connectivity index (χ4n) is 1.99. The number of carbonyl (C=O) groups excluding carboxylic acids is 1. The summed E-state index contributed by atoms with van der Waals surface area (Å²) in [7, 11) is 1.58. The Balaban J connectivity index is 1.73. The zero-order chi connectivity index (χ0) is 17.4. The fourth-order valence-corrected chi connectivity index (χ4v) is 2.11. The summed E-state index contributed by atoms with van der Waals surface area (Å²) >= 11 is 5.81. The third kappa shape index (κ3) is 5.35. The molecule has 0 aliphatic heterocycles. The van der Waals surface area contributed by atoms with E-state index in [1.807, 2.05) is 24.3 Å². The van der Waals surface area contributed by atoms with Gasteiger partial charge in [0.2, 0.25) is 0 Å². The molecule has 1 atom stereocenters. The Bertz CT molecular complexity index is 660. The number of hydrogen-bond donors (Lipinski definition) is 1. The summed E-state index contributed by atoms with van der Waals surface area (Å²) in [6.07, 6.45) is -0.613. The van der Waals surface area contributed by atoms with Crippen LogP contribution < -0.4 is 19.5 Å². The van der Waals surface area contributed by atoms with Crippen LogP contribution in [0, 0.1) is 0 Å². The molecule has 2 aromatic rings. The first-order valence-electron chi connectivity index (χ1n) is 7.56. The highest BCUT2D eigenvalue weighted by atomic mass is 35.5. The van der Waals surface area contributed by atoms with Crippen molar-refractivity contribution in [1.82, 2.24) is 5.32 Å². The van der Waals surface area contributed by atoms with Crippen molar-refractivity contribution >= 4 is 17.5 Å². The highest BCUT2D eigenvalue weighted by Gasteiger charge is 2.14. The lowest BCUT2D eigenvalue weighted by molar-refractivity contribution is -0.127. The van der Waals surface area contributed by atoms with Gasteiger partial charge < -0.3 is 19.5 Å². The van der Waals surface area contributed by atoms with Gasteiger partial charge in [0.05, 0.1) is 13.7 Å². The van der Waals surface area contributed by atoms with Crippen molar-refractivity contribution in [2.75, 3.05) is 20.3 Å². The molecule has 128 valence electrons. The molecule has 2 rings (SSSR count). The minimum Gasteiger partial charge on any atom is -0.493 e. The maximum atomic E-state index is 12.0. The Morgan fingerprint density at radius 1 is 1.12 bits per heavy atom. The SMILES string of the molecule is COc1ccccc1OCCNC(=O)[C@@H](C)Oc1ccc(Cl)cc1. The van der Waals surface area contributed by atoms with E-state index in [0.717, 1.165) is 0 Å². The summed E-state index contributed by atoms with van der Waals surface area (Å²) in [5.41, 5.74) is 0. The van der Waals surface area contributed by atoms with E-state index < -0.39 is 6.10 Å². The van der Waals surface area contributed by atoms with E-state index in [0.29, 0.717) is 35.4 Å². The number of benzene rings is 2. The van der Waals surface area contributed by atoms with Crippen molar-refractivity contribution in [3.8, 4) is 17.2 Å². The predicted molar refractivity (Wildman–Crippen MR) is 93.0 cm³/mol. The van der Waals surface area contributed by atoms with E-state index in [9.17, 15) is 4.79 Å². The maximum Gasteiger partial charge on any atom is 0.260 e. The van der Waals surface area contributed by atoms with Gasteiger partial charge in [-0.15, -0.1) is 0 Å². The Morgan fingerprint density at radius 2 is 1.79 bits per heavy atom. The number of para-hydroxylation sites is 2. The van der Waals surface area contributed by atoms with Crippen molar-refractivity contribution < 1.29 is 19.0 Å². The molecule has 5 nitrogen and oxygen atoms in total. The van der Waals surface area contributed by atoms with Crippen LogP contribution in [0.5, 0.6) is 17.2 Å². The van der Waals surface area contributed by atoms with Gasteiger partial charge in [-0.05, 0) is 43.3 Å². The zero-order valence-electron chi connectivity index (χ0n) is 13.6. The standard InChI is InChI=1S/C18H20ClNO4/c1-13(24-15-9-7-14(19)8-10-15)18(21)20-11-12-23-17-6-4-3-5-16(17)22-2/h3-10,13H,11-12H2,1-2H3,(H,20,21)/t13-/m1/s1. The molecule has 0 spiro atoms. The molecule has 0 saturated carbocycles. The molecule has 0 radical (unpaired) electrons. The molecule has 1 amide bonds. The van der Waals surface area contributed by atoms with Crippen molar-refractivity contribution in [2.45, 2.75) is 13.0 Å². The summed E-state index contributed by atoms with van der Waals surface area (Å²) in [6, 6.07) is 14.2. The second-order valence-electron chi connectivity index (χ2n) is 5.00. The Hall–Kier alpha value is -2.40. The van der Waals surface area contributed by atoms with Gasteiger partial charge in [0, 0.05) is 5.02 Å². The van der Waals surface area contributed by atoms with Gasteiger partial charge in [-0.25, -0.2) is 0 Å². The first kappa shape index (κ1) is 17.9. The van der Waals surface area contributed by atoms with Gasteiger partial charge >= 0.3 is 0 Å². The smallest absolute Gasteiger partial charge is 0.260 e. The van der Waals surface area contributed by atoms with Gasteiger partial charge in [0.15, 0.2) is 17.6 Å². The predicted octanol–water partition coefficient (Wildman–Crippen LogP) is 3.31. The van der Waals surface area contributed by atoms with Crippen molar-refractivity contribution in [1.29, 1.82) is 0 Å². The van der Waals surface area contributed by atoms with Crippen LogP contribution in [-0.4, -0.2) is 32.3 Å². The molecule has 0 fully saturated rings. The number of carbonyl (C=O) groups is 1. The number of ether oxygens (including phenoxy) is 3. The van der Waals surface area contributed by atoms with Crippen LogP contribution in [-0.2, 0) is 4.79 Å². The summed E-state index contributed by atoms with van der Waals surface area (Å²) < 4.78 is 16.3. The second kappa shape index (κ2) is 9.03. The highest BCUT2D eigenvalue weighted by molar-refractivity contribution is 6.30. The van der Waals surface area contributed by atoms with Crippen LogP contribution in [0.4, 0.5) is 0 Å². The number of amides is 1. The lowest BCUT2D eigenvalue weighted by Gasteiger charge is -2.15. The summed E-state index contributed by atoms with van der Waals surface area (Å²) in [6.45, 7) is 2.38. The topological polar surface area (TPSA) is 56.8 Å². The van der Waals surface area contributed by atoms with Gasteiger partial charge in [-0.1, -0.05) is 23.7 Å². The molecule has 0 aliphatic carbocycles. The third-order valence-electron chi connectivity index (χ3n) is 3.22. The first-order chi connectivity index (χ1) is 11.6. The Morgan fingerprint density at radius 3 is 2.46 bits per heavy atom. The van der Waals surface area contributed by atoms with E-state index in [2.05, 4.69) is 5.32 Å². The van der Waals surface area contributed by atoms with Gasteiger partial charge in [0.25, 0.3) is 5.91 Å². The second-order valence-corrected chi connectivity index (χ2v) is 5.44. The van der Waals surface area contributed by atoms with Crippen molar-refractivity contribution in [3.63, 3.8) is 0 Å². The van der Waals surface area contributed by atoms with E-state index in [-0.39, 0.29) is 5.91 Å². The molecular formula is C18H20ClNO4. The molecule has 0 aliphatic rings. The number of hydrogen-bond acceptors (Lipinski definition) is 4. The van der Waals surface area contributed by atoms with Crippen molar-refractivity contribution in [2.24, 2.45) is 0 Å². The van der Waals surface area contributed by atoms with Crippen LogP contribution >= 0.6 is 11.6 Å².